The largest absolute Gasteiger partial charge is 0.326 e. The fraction of sp³-hybridized carbons (Fsp3) is 0.286. The van der Waals surface area contributed by atoms with E-state index in [0.29, 0.717) is 16.1 Å². The molecule has 0 fully saturated rings. The van der Waals surface area contributed by atoms with E-state index >= 15 is 0 Å². The van der Waals surface area contributed by atoms with Crippen molar-refractivity contribution in [3.63, 3.8) is 0 Å². The highest BCUT2D eigenvalue weighted by molar-refractivity contribution is 7.89. The van der Waals surface area contributed by atoms with Crippen LogP contribution >= 0.6 is 11.6 Å². The summed E-state index contributed by atoms with van der Waals surface area (Å²) in [6, 6.07) is 3.13. The van der Waals surface area contributed by atoms with Gasteiger partial charge in [-0.15, -0.1) is 13.2 Å². The van der Waals surface area contributed by atoms with Gasteiger partial charge in [0.25, 0.3) is 0 Å². The van der Waals surface area contributed by atoms with Crippen molar-refractivity contribution in [2.75, 3.05) is 13.1 Å². The molecule has 0 aromatic heterocycles. The maximum atomic E-state index is 12.7. The molecule has 4 nitrogen and oxygen atoms in total. The number of halogens is 1. The van der Waals surface area contributed by atoms with Gasteiger partial charge in [-0.05, 0) is 30.2 Å². The molecule has 1 rings (SSSR count). The number of nitrogens with two attached hydrogens (primary N) is 1. The molecular weight excluding hydrogens is 296 g/mol. The lowest BCUT2D eigenvalue weighted by molar-refractivity contribution is 0.473. The van der Waals surface area contributed by atoms with Crippen molar-refractivity contribution in [2.24, 2.45) is 5.73 Å². The highest BCUT2D eigenvalue weighted by Gasteiger charge is 2.25. The zero-order valence-electron chi connectivity index (χ0n) is 11.5. The normalized spacial score (nSPS) is 11.6. The summed E-state index contributed by atoms with van der Waals surface area (Å²) < 4.78 is 26.7. The van der Waals surface area contributed by atoms with E-state index in [1.807, 2.05) is 0 Å². The number of hydrogen-bond donors (Lipinski definition) is 1. The lowest BCUT2D eigenvalue weighted by Crippen LogP contribution is -2.32. The van der Waals surface area contributed by atoms with Crippen molar-refractivity contribution >= 4 is 21.6 Å². The summed E-state index contributed by atoms with van der Waals surface area (Å²) in [5.41, 5.74) is 6.96. The highest BCUT2D eigenvalue weighted by atomic mass is 35.5. The standard InChI is InChI=1S/C14H19ClN2O2S/c1-4-6-17(7-5-2)20(18,19)14-9-13(15)8-12(10-16)11(14)3/h4-5,8-9H,1-2,6-7,10,16H2,3H3. The summed E-state index contributed by atoms with van der Waals surface area (Å²) in [6.07, 6.45) is 3.07. The maximum Gasteiger partial charge on any atom is 0.243 e. The average Bonchev–Trinajstić information content (AvgIpc) is 2.40. The molecule has 20 heavy (non-hydrogen) atoms. The second kappa shape index (κ2) is 7.04. The predicted octanol–water partition coefficient (Wildman–Crippen LogP) is 2.47. The zero-order chi connectivity index (χ0) is 15.3. The first-order valence-electron chi connectivity index (χ1n) is 6.09. The molecule has 0 aliphatic carbocycles. The second-order valence-electron chi connectivity index (χ2n) is 4.29. The molecule has 0 saturated carbocycles. The molecule has 0 atom stereocenters. The van der Waals surface area contributed by atoms with Crippen molar-refractivity contribution in [1.29, 1.82) is 0 Å². The van der Waals surface area contributed by atoms with Gasteiger partial charge in [0.05, 0.1) is 4.90 Å². The number of nitrogens with zero attached hydrogens (tertiary/aromatic N) is 1. The first-order chi connectivity index (χ1) is 9.38. The molecule has 110 valence electrons. The van der Waals surface area contributed by atoms with Crippen molar-refractivity contribution in [2.45, 2.75) is 18.4 Å². The number of sulfonamides is 1. The Morgan fingerprint density at radius 2 is 1.85 bits per heavy atom. The van der Waals surface area contributed by atoms with Crippen LogP contribution < -0.4 is 5.73 Å². The summed E-state index contributed by atoms with van der Waals surface area (Å²) in [7, 11) is -3.66. The molecule has 1 aromatic carbocycles. The Kier molecular flexibility index (Phi) is 5.95. The van der Waals surface area contributed by atoms with Gasteiger partial charge in [0.2, 0.25) is 10.0 Å². The van der Waals surface area contributed by atoms with Crippen LogP contribution in [0.4, 0.5) is 0 Å². The Labute approximate surface area is 125 Å². The van der Waals surface area contributed by atoms with E-state index in [9.17, 15) is 8.42 Å². The van der Waals surface area contributed by atoms with Crippen LogP contribution in [0.15, 0.2) is 42.3 Å². The molecule has 2 N–H and O–H groups in total. The lowest BCUT2D eigenvalue weighted by Gasteiger charge is -2.21. The van der Waals surface area contributed by atoms with Gasteiger partial charge < -0.3 is 5.73 Å². The van der Waals surface area contributed by atoms with E-state index in [4.69, 9.17) is 17.3 Å². The molecule has 0 unspecified atom stereocenters. The Bertz CT molecular complexity index is 602. The maximum absolute atomic E-state index is 12.7. The lowest BCUT2D eigenvalue weighted by atomic mass is 10.1. The minimum atomic E-state index is -3.66. The Morgan fingerprint density at radius 3 is 2.30 bits per heavy atom. The summed E-state index contributed by atoms with van der Waals surface area (Å²) in [5, 5.41) is 0.354. The monoisotopic (exact) mass is 314 g/mol. The van der Waals surface area contributed by atoms with E-state index in [1.54, 1.807) is 13.0 Å². The van der Waals surface area contributed by atoms with Crippen molar-refractivity contribution in [3.8, 4) is 0 Å². The van der Waals surface area contributed by atoms with Crippen LogP contribution in [0.2, 0.25) is 5.02 Å². The zero-order valence-corrected chi connectivity index (χ0v) is 13.0. The average molecular weight is 315 g/mol. The van der Waals surface area contributed by atoms with E-state index in [-0.39, 0.29) is 24.5 Å². The molecule has 0 radical (unpaired) electrons. The number of rotatable bonds is 7. The topological polar surface area (TPSA) is 63.4 Å². The molecular formula is C14H19ClN2O2S. The number of hydrogen-bond acceptors (Lipinski definition) is 3. The first kappa shape index (κ1) is 16.9. The van der Waals surface area contributed by atoms with Crippen LogP contribution in [0.25, 0.3) is 0 Å². The Morgan fingerprint density at radius 1 is 1.30 bits per heavy atom. The minimum absolute atomic E-state index is 0.175. The van der Waals surface area contributed by atoms with Gasteiger partial charge in [0.1, 0.15) is 0 Å². The van der Waals surface area contributed by atoms with E-state index in [2.05, 4.69) is 13.2 Å². The summed E-state index contributed by atoms with van der Waals surface area (Å²) in [6.45, 7) is 9.53. The van der Waals surface area contributed by atoms with Crippen LogP contribution in [0.1, 0.15) is 11.1 Å². The molecule has 0 bridgehead atoms. The van der Waals surface area contributed by atoms with Crippen LogP contribution in [-0.2, 0) is 16.6 Å². The van der Waals surface area contributed by atoms with Gasteiger partial charge in [-0.3, -0.25) is 0 Å². The van der Waals surface area contributed by atoms with Gasteiger partial charge in [-0.25, -0.2) is 8.42 Å². The van der Waals surface area contributed by atoms with Crippen molar-refractivity contribution in [1.82, 2.24) is 4.31 Å². The van der Waals surface area contributed by atoms with Crippen LogP contribution in [0.3, 0.4) is 0 Å². The second-order valence-corrected chi connectivity index (χ2v) is 6.63. The van der Waals surface area contributed by atoms with Gasteiger partial charge >= 0.3 is 0 Å². The van der Waals surface area contributed by atoms with Crippen LogP contribution in [-0.4, -0.2) is 25.8 Å². The summed E-state index contributed by atoms with van der Waals surface area (Å²) in [5.74, 6) is 0. The van der Waals surface area contributed by atoms with Crippen LogP contribution in [0.5, 0.6) is 0 Å². The molecule has 0 spiro atoms. The smallest absolute Gasteiger partial charge is 0.243 e. The van der Waals surface area contributed by atoms with E-state index in [0.717, 1.165) is 0 Å². The van der Waals surface area contributed by atoms with Crippen LogP contribution in [0, 0.1) is 6.92 Å². The van der Waals surface area contributed by atoms with E-state index < -0.39 is 10.0 Å². The molecule has 0 heterocycles. The fourth-order valence-electron chi connectivity index (χ4n) is 1.89. The number of benzene rings is 1. The predicted molar refractivity (Wildman–Crippen MR) is 83.2 cm³/mol. The van der Waals surface area contributed by atoms with Crippen molar-refractivity contribution in [3.05, 3.63) is 53.6 Å². The molecule has 0 aliphatic rings. The summed E-state index contributed by atoms with van der Waals surface area (Å²) >= 11 is 5.99. The molecule has 0 amide bonds. The van der Waals surface area contributed by atoms with Gasteiger partial charge in [0.15, 0.2) is 0 Å². The Balaban J connectivity index is 3.43. The quantitative estimate of drug-likeness (QED) is 0.786. The minimum Gasteiger partial charge on any atom is -0.326 e. The molecule has 1 aromatic rings. The van der Waals surface area contributed by atoms with Gasteiger partial charge in [0, 0.05) is 24.7 Å². The molecule has 0 aliphatic heterocycles. The first-order valence-corrected chi connectivity index (χ1v) is 7.91. The molecule has 0 saturated heterocycles. The summed E-state index contributed by atoms with van der Waals surface area (Å²) in [4.78, 5) is 0.175. The molecule has 6 heteroatoms. The SMILES string of the molecule is C=CCN(CC=C)S(=O)(=O)c1cc(Cl)cc(CN)c1C. The fourth-order valence-corrected chi connectivity index (χ4v) is 3.87. The van der Waals surface area contributed by atoms with Gasteiger partial charge in [-0.1, -0.05) is 23.8 Å². The van der Waals surface area contributed by atoms with Crippen molar-refractivity contribution < 1.29 is 8.42 Å². The third-order valence-corrected chi connectivity index (χ3v) is 5.11. The third kappa shape index (κ3) is 3.49. The van der Waals surface area contributed by atoms with E-state index in [1.165, 1.54) is 22.5 Å². The Hall–Kier alpha value is -1.14. The van der Waals surface area contributed by atoms with Gasteiger partial charge in [-0.2, -0.15) is 4.31 Å². The highest BCUT2D eigenvalue weighted by Crippen LogP contribution is 2.26. The third-order valence-electron chi connectivity index (χ3n) is 2.94.